The SMILES string of the molecule is CCC(C(O)c1ccc(C)cc1)N1CCCC1C(=O)O. The summed E-state index contributed by atoms with van der Waals surface area (Å²) in [5.41, 5.74) is 2.01. The molecule has 1 aromatic rings. The van der Waals surface area contributed by atoms with Gasteiger partial charge in [-0.25, -0.2) is 0 Å². The first-order valence-electron chi connectivity index (χ1n) is 7.27. The maximum atomic E-state index is 11.3. The summed E-state index contributed by atoms with van der Waals surface area (Å²) in [5.74, 6) is -0.781. The molecule has 2 N–H and O–H groups in total. The van der Waals surface area contributed by atoms with E-state index in [0.29, 0.717) is 6.42 Å². The number of aliphatic hydroxyl groups is 1. The Morgan fingerprint density at radius 1 is 1.40 bits per heavy atom. The fourth-order valence-electron chi connectivity index (χ4n) is 3.08. The molecule has 0 amide bonds. The molecule has 1 saturated heterocycles. The van der Waals surface area contributed by atoms with Gasteiger partial charge < -0.3 is 10.2 Å². The number of aryl methyl sites for hydroxylation is 1. The zero-order chi connectivity index (χ0) is 14.7. The average Bonchev–Trinajstić information content (AvgIpc) is 2.89. The molecule has 0 spiro atoms. The highest BCUT2D eigenvalue weighted by molar-refractivity contribution is 5.73. The molecule has 0 saturated carbocycles. The lowest BCUT2D eigenvalue weighted by Gasteiger charge is -2.34. The minimum Gasteiger partial charge on any atom is -0.480 e. The van der Waals surface area contributed by atoms with Crippen LogP contribution in [-0.4, -0.2) is 39.7 Å². The van der Waals surface area contributed by atoms with Gasteiger partial charge in [-0.05, 0) is 38.3 Å². The highest BCUT2D eigenvalue weighted by Crippen LogP contribution is 2.30. The van der Waals surface area contributed by atoms with Crippen LogP contribution in [0.2, 0.25) is 0 Å². The molecule has 4 heteroatoms. The first-order chi connectivity index (χ1) is 9.54. The highest BCUT2D eigenvalue weighted by Gasteiger charge is 2.37. The van der Waals surface area contributed by atoms with E-state index in [4.69, 9.17) is 0 Å². The Bertz CT molecular complexity index is 457. The lowest BCUT2D eigenvalue weighted by Crippen LogP contribution is -2.45. The number of rotatable bonds is 5. The van der Waals surface area contributed by atoms with Crippen molar-refractivity contribution in [3.63, 3.8) is 0 Å². The van der Waals surface area contributed by atoms with E-state index in [1.165, 1.54) is 0 Å². The van der Waals surface area contributed by atoms with Gasteiger partial charge in [-0.2, -0.15) is 0 Å². The average molecular weight is 277 g/mol. The first kappa shape index (κ1) is 15.0. The third-order valence-corrected chi connectivity index (χ3v) is 4.21. The molecular weight excluding hydrogens is 254 g/mol. The number of likely N-dealkylation sites (tertiary alicyclic amines) is 1. The van der Waals surface area contributed by atoms with Crippen LogP contribution in [0.15, 0.2) is 24.3 Å². The van der Waals surface area contributed by atoms with Crippen LogP contribution in [0, 0.1) is 6.92 Å². The van der Waals surface area contributed by atoms with E-state index in [9.17, 15) is 15.0 Å². The molecular formula is C16H23NO3. The molecule has 0 aromatic heterocycles. The van der Waals surface area contributed by atoms with Crippen LogP contribution in [0.3, 0.4) is 0 Å². The van der Waals surface area contributed by atoms with Crippen molar-refractivity contribution in [2.45, 2.75) is 51.3 Å². The van der Waals surface area contributed by atoms with Crippen molar-refractivity contribution in [3.8, 4) is 0 Å². The van der Waals surface area contributed by atoms with E-state index in [-0.39, 0.29) is 6.04 Å². The second kappa shape index (κ2) is 6.37. The molecule has 1 aromatic carbocycles. The molecule has 4 nitrogen and oxygen atoms in total. The smallest absolute Gasteiger partial charge is 0.320 e. The van der Waals surface area contributed by atoms with Crippen molar-refractivity contribution in [2.24, 2.45) is 0 Å². The van der Waals surface area contributed by atoms with E-state index in [1.807, 2.05) is 43.0 Å². The van der Waals surface area contributed by atoms with Gasteiger partial charge in [0, 0.05) is 6.04 Å². The number of benzene rings is 1. The molecule has 3 unspecified atom stereocenters. The summed E-state index contributed by atoms with van der Waals surface area (Å²) in [4.78, 5) is 13.3. The summed E-state index contributed by atoms with van der Waals surface area (Å²) in [7, 11) is 0. The summed E-state index contributed by atoms with van der Waals surface area (Å²) in [6, 6.07) is 7.21. The Balaban J connectivity index is 2.18. The Hall–Kier alpha value is -1.39. The van der Waals surface area contributed by atoms with Crippen molar-refractivity contribution in [3.05, 3.63) is 35.4 Å². The summed E-state index contributed by atoms with van der Waals surface area (Å²) >= 11 is 0. The van der Waals surface area contributed by atoms with Gasteiger partial charge in [0.05, 0.1) is 6.10 Å². The number of carboxylic acids is 1. The van der Waals surface area contributed by atoms with Gasteiger partial charge in [-0.3, -0.25) is 9.69 Å². The summed E-state index contributed by atoms with van der Waals surface area (Å²) < 4.78 is 0. The summed E-state index contributed by atoms with van der Waals surface area (Å²) in [6.45, 7) is 4.76. The van der Waals surface area contributed by atoms with Gasteiger partial charge >= 0.3 is 5.97 Å². The van der Waals surface area contributed by atoms with Gasteiger partial charge in [0.25, 0.3) is 0 Å². The predicted octanol–water partition coefficient (Wildman–Crippen LogP) is 2.36. The number of aliphatic carboxylic acids is 1. The molecule has 0 radical (unpaired) electrons. The Labute approximate surface area is 120 Å². The molecule has 1 aliphatic heterocycles. The minimum atomic E-state index is -0.781. The maximum Gasteiger partial charge on any atom is 0.320 e. The molecule has 1 fully saturated rings. The quantitative estimate of drug-likeness (QED) is 0.867. The van der Waals surface area contributed by atoms with E-state index < -0.39 is 18.1 Å². The molecule has 0 aliphatic carbocycles. The van der Waals surface area contributed by atoms with E-state index >= 15 is 0 Å². The van der Waals surface area contributed by atoms with Gasteiger partial charge in [0.2, 0.25) is 0 Å². The zero-order valence-corrected chi connectivity index (χ0v) is 12.1. The van der Waals surface area contributed by atoms with Crippen LogP contribution < -0.4 is 0 Å². The number of hydrogen-bond acceptors (Lipinski definition) is 3. The third-order valence-electron chi connectivity index (χ3n) is 4.21. The topological polar surface area (TPSA) is 60.8 Å². The highest BCUT2D eigenvalue weighted by atomic mass is 16.4. The van der Waals surface area contributed by atoms with Crippen molar-refractivity contribution >= 4 is 5.97 Å². The van der Waals surface area contributed by atoms with E-state index in [2.05, 4.69) is 0 Å². The molecule has 0 bridgehead atoms. The first-order valence-corrected chi connectivity index (χ1v) is 7.27. The zero-order valence-electron chi connectivity index (χ0n) is 12.1. The predicted molar refractivity (Wildman–Crippen MR) is 77.6 cm³/mol. The van der Waals surface area contributed by atoms with Crippen molar-refractivity contribution in [1.82, 2.24) is 4.90 Å². The molecule has 110 valence electrons. The van der Waals surface area contributed by atoms with Gasteiger partial charge in [0.15, 0.2) is 0 Å². The lowest BCUT2D eigenvalue weighted by atomic mass is 9.97. The van der Waals surface area contributed by atoms with Crippen LogP contribution in [-0.2, 0) is 4.79 Å². The largest absolute Gasteiger partial charge is 0.480 e. The molecule has 1 heterocycles. The monoisotopic (exact) mass is 277 g/mol. The van der Waals surface area contributed by atoms with E-state index in [0.717, 1.165) is 30.5 Å². The molecule has 2 rings (SSSR count). The number of nitrogens with zero attached hydrogens (tertiary/aromatic N) is 1. The fourth-order valence-corrected chi connectivity index (χ4v) is 3.08. The third kappa shape index (κ3) is 3.02. The van der Waals surface area contributed by atoms with Crippen molar-refractivity contribution < 1.29 is 15.0 Å². The fraction of sp³-hybridized carbons (Fsp3) is 0.562. The Morgan fingerprint density at radius 2 is 2.05 bits per heavy atom. The van der Waals surface area contributed by atoms with Gasteiger partial charge in [-0.15, -0.1) is 0 Å². The van der Waals surface area contributed by atoms with Crippen LogP contribution in [0.1, 0.15) is 43.4 Å². The summed E-state index contributed by atoms with van der Waals surface area (Å²) in [5, 5.41) is 19.9. The molecule has 20 heavy (non-hydrogen) atoms. The number of carbonyl (C=O) groups is 1. The van der Waals surface area contributed by atoms with E-state index in [1.54, 1.807) is 0 Å². The van der Waals surface area contributed by atoms with Crippen molar-refractivity contribution in [1.29, 1.82) is 0 Å². The maximum absolute atomic E-state index is 11.3. The second-order valence-electron chi connectivity index (χ2n) is 5.57. The minimum absolute atomic E-state index is 0.138. The Kier molecular flexibility index (Phi) is 4.78. The Morgan fingerprint density at radius 3 is 2.60 bits per heavy atom. The van der Waals surface area contributed by atoms with Crippen LogP contribution in [0.5, 0.6) is 0 Å². The molecule has 1 aliphatic rings. The van der Waals surface area contributed by atoms with Crippen LogP contribution >= 0.6 is 0 Å². The number of carboxylic acid groups (broad SMARTS) is 1. The standard InChI is InChI=1S/C16H23NO3/c1-3-13(17-10-4-5-14(17)16(19)20)15(18)12-8-6-11(2)7-9-12/h6-9,13-15,18H,3-5,10H2,1-2H3,(H,19,20). The van der Waals surface area contributed by atoms with Gasteiger partial charge in [-0.1, -0.05) is 36.8 Å². The lowest BCUT2D eigenvalue weighted by molar-refractivity contribution is -0.143. The van der Waals surface area contributed by atoms with Crippen LogP contribution in [0.4, 0.5) is 0 Å². The molecule has 3 atom stereocenters. The van der Waals surface area contributed by atoms with Crippen LogP contribution in [0.25, 0.3) is 0 Å². The van der Waals surface area contributed by atoms with Crippen molar-refractivity contribution in [2.75, 3.05) is 6.54 Å². The summed E-state index contributed by atoms with van der Waals surface area (Å²) in [6.07, 6.45) is 1.65. The number of hydrogen-bond donors (Lipinski definition) is 2. The normalized spacial score (nSPS) is 22.6. The van der Waals surface area contributed by atoms with Gasteiger partial charge in [0.1, 0.15) is 6.04 Å². The second-order valence-corrected chi connectivity index (χ2v) is 5.57. The number of aliphatic hydroxyl groups excluding tert-OH is 1.